The van der Waals surface area contributed by atoms with Crippen molar-refractivity contribution in [2.45, 2.75) is 25.3 Å². The van der Waals surface area contributed by atoms with Crippen LogP contribution in [-0.2, 0) is 0 Å². The molecule has 0 aliphatic carbocycles. The van der Waals surface area contributed by atoms with E-state index >= 15 is 0 Å². The summed E-state index contributed by atoms with van der Waals surface area (Å²) in [6.07, 6.45) is 8.29. The molecule has 102 valence electrons. The summed E-state index contributed by atoms with van der Waals surface area (Å²) in [6, 6.07) is 22.0. The minimum absolute atomic E-state index is 0.650. The summed E-state index contributed by atoms with van der Waals surface area (Å²) in [5, 5.41) is 0. The maximum Gasteiger partial charge on any atom is 0.0368 e. The predicted molar refractivity (Wildman–Crippen MR) is 86.9 cm³/mol. The van der Waals surface area contributed by atoms with Crippen molar-refractivity contribution in [1.82, 2.24) is 0 Å². The number of hydrogen-bond donors (Lipinski definition) is 0. The molecule has 0 saturated carbocycles. The van der Waals surface area contributed by atoms with E-state index in [1.165, 1.54) is 30.6 Å². The molecule has 0 amide bonds. The Morgan fingerprint density at radius 3 is 2.40 bits per heavy atom. The standard InChI is InChI=1S/C19H21N/c1-3-9-17(10-4-1)11-7-14-19-15-8-16-20(19)18-12-5-2-6-13-18/h1-7,9-13,19H,8,14-16H2/b11-7+. The lowest BCUT2D eigenvalue weighted by Crippen LogP contribution is -2.28. The van der Waals surface area contributed by atoms with Crippen LogP contribution in [0.1, 0.15) is 24.8 Å². The molecular formula is C19H21N. The van der Waals surface area contributed by atoms with E-state index < -0.39 is 0 Å². The topological polar surface area (TPSA) is 3.24 Å². The van der Waals surface area contributed by atoms with E-state index in [0.717, 1.165) is 6.42 Å². The van der Waals surface area contributed by atoms with Gasteiger partial charge in [0.2, 0.25) is 0 Å². The molecule has 1 unspecified atom stereocenters. The molecule has 1 aliphatic rings. The minimum Gasteiger partial charge on any atom is -0.368 e. The predicted octanol–water partition coefficient (Wildman–Crippen LogP) is 4.76. The van der Waals surface area contributed by atoms with Crippen LogP contribution in [0.5, 0.6) is 0 Å². The van der Waals surface area contributed by atoms with E-state index in [2.05, 4.69) is 77.7 Å². The Bertz CT molecular complexity index is 544. The molecule has 1 heterocycles. The van der Waals surface area contributed by atoms with Gasteiger partial charge in [-0.3, -0.25) is 0 Å². The normalized spacial score (nSPS) is 18.8. The van der Waals surface area contributed by atoms with Crippen LogP contribution in [0, 0.1) is 0 Å². The van der Waals surface area contributed by atoms with Crippen molar-refractivity contribution >= 4 is 11.8 Å². The molecule has 1 atom stereocenters. The van der Waals surface area contributed by atoms with Gasteiger partial charge >= 0.3 is 0 Å². The second-order valence-electron chi connectivity index (χ2n) is 5.37. The Morgan fingerprint density at radius 2 is 1.65 bits per heavy atom. The molecule has 0 radical (unpaired) electrons. The third-order valence-corrected chi connectivity index (χ3v) is 3.98. The summed E-state index contributed by atoms with van der Waals surface area (Å²) < 4.78 is 0. The number of benzene rings is 2. The van der Waals surface area contributed by atoms with Gasteiger partial charge in [-0.25, -0.2) is 0 Å². The average molecular weight is 263 g/mol. The lowest BCUT2D eigenvalue weighted by molar-refractivity contribution is 0.678. The Labute approximate surface area is 121 Å². The fourth-order valence-electron chi connectivity index (χ4n) is 2.97. The fourth-order valence-corrected chi connectivity index (χ4v) is 2.97. The summed E-state index contributed by atoms with van der Waals surface area (Å²) >= 11 is 0. The lowest BCUT2D eigenvalue weighted by atomic mass is 10.1. The molecule has 0 aromatic heterocycles. The molecule has 0 spiro atoms. The first-order valence-corrected chi connectivity index (χ1v) is 7.47. The van der Waals surface area contributed by atoms with Crippen molar-refractivity contribution in [2.24, 2.45) is 0 Å². The molecule has 0 N–H and O–H groups in total. The lowest BCUT2D eigenvalue weighted by Gasteiger charge is -2.26. The molecule has 1 saturated heterocycles. The van der Waals surface area contributed by atoms with E-state index in [4.69, 9.17) is 0 Å². The second-order valence-corrected chi connectivity index (χ2v) is 5.37. The van der Waals surface area contributed by atoms with Gasteiger partial charge in [-0.05, 0) is 37.0 Å². The van der Waals surface area contributed by atoms with E-state index in [1.54, 1.807) is 0 Å². The van der Waals surface area contributed by atoms with E-state index in [9.17, 15) is 0 Å². The maximum atomic E-state index is 2.55. The van der Waals surface area contributed by atoms with Crippen molar-refractivity contribution in [3.05, 3.63) is 72.3 Å². The van der Waals surface area contributed by atoms with E-state index in [0.29, 0.717) is 6.04 Å². The first-order chi connectivity index (χ1) is 9.93. The van der Waals surface area contributed by atoms with Crippen LogP contribution in [0.3, 0.4) is 0 Å². The first-order valence-electron chi connectivity index (χ1n) is 7.47. The average Bonchev–Trinajstić information content (AvgIpc) is 2.98. The smallest absolute Gasteiger partial charge is 0.0368 e. The quantitative estimate of drug-likeness (QED) is 0.768. The highest BCUT2D eigenvalue weighted by atomic mass is 15.2. The summed E-state index contributed by atoms with van der Waals surface area (Å²) in [5.41, 5.74) is 2.65. The van der Waals surface area contributed by atoms with Crippen LogP contribution in [0.25, 0.3) is 6.08 Å². The number of rotatable bonds is 4. The third-order valence-electron chi connectivity index (χ3n) is 3.98. The summed E-state index contributed by atoms with van der Waals surface area (Å²) in [4.78, 5) is 2.55. The van der Waals surface area contributed by atoms with Gasteiger partial charge in [-0.2, -0.15) is 0 Å². The SMILES string of the molecule is C(=C\c1ccccc1)/CC1CCCN1c1ccccc1. The van der Waals surface area contributed by atoms with Crippen LogP contribution in [-0.4, -0.2) is 12.6 Å². The molecule has 0 bridgehead atoms. The van der Waals surface area contributed by atoms with Gasteiger partial charge in [-0.1, -0.05) is 60.7 Å². The Hall–Kier alpha value is -2.02. The van der Waals surface area contributed by atoms with Crippen LogP contribution in [0.2, 0.25) is 0 Å². The number of para-hydroxylation sites is 1. The van der Waals surface area contributed by atoms with Gasteiger partial charge in [0, 0.05) is 18.3 Å². The molecular weight excluding hydrogens is 242 g/mol. The third kappa shape index (κ3) is 3.11. The molecule has 2 aromatic rings. The van der Waals surface area contributed by atoms with Gasteiger partial charge in [0.1, 0.15) is 0 Å². The summed E-state index contributed by atoms with van der Waals surface area (Å²) in [6.45, 7) is 1.19. The van der Waals surface area contributed by atoms with E-state index in [1.807, 2.05) is 0 Å². The highest BCUT2D eigenvalue weighted by Gasteiger charge is 2.23. The molecule has 20 heavy (non-hydrogen) atoms. The van der Waals surface area contributed by atoms with Gasteiger partial charge in [0.25, 0.3) is 0 Å². The maximum absolute atomic E-state index is 2.55. The first kappa shape index (κ1) is 13.0. The highest BCUT2D eigenvalue weighted by molar-refractivity contribution is 5.50. The van der Waals surface area contributed by atoms with Crippen LogP contribution >= 0.6 is 0 Å². The molecule has 2 aromatic carbocycles. The minimum atomic E-state index is 0.650. The second kappa shape index (κ2) is 6.42. The largest absolute Gasteiger partial charge is 0.368 e. The zero-order valence-corrected chi connectivity index (χ0v) is 11.8. The molecule has 1 heteroatoms. The molecule has 1 fully saturated rings. The van der Waals surface area contributed by atoms with Crippen LogP contribution in [0.15, 0.2) is 66.7 Å². The molecule has 1 nitrogen and oxygen atoms in total. The fraction of sp³-hybridized carbons (Fsp3) is 0.263. The number of nitrogens with zero attached hydrogens (tertiary/aromatic N) is 1. The van der Waals surface area contributed by atoms with Gasteiger partial charge in [0.05, 0.1) is 0 Å². The molecule has 1 aliphatic heterocycles. The van der Waals surface area contributed by atoms with Crippen molar-refractivity contribution < 1.29 is 0 Å². The number of hydrogen-bond acceptors (Lipinski definition) is 1. The zero-order chi connectivity index (χ0) is 13.6. The van der Waals surface area contributed by atoms with Crippen molar-refractivity contribution in [3.63, 3.8) is 0 Å². The van der Waals surface area contributed by atoms with Crippen molar-refractivity contribution in [1.29, 1.82) is 0 Å². The Kier molecular flexibility index (Phi) is 4.17. The van der Waals surface area contributed by atoms with Crippen LogP contribution < -0.4 is 4.90 Å². The van der Waals surface area contributed by atoms with Crippen molar-refractivity contribution in [2.75, 3.05) is 11.4 Å². The van der Waals surface area contributed by atoms with Crippen molar-refractivity contribution in [3.8, 4) is 0 Å². The highest BCUT2D eigenvalue weighted by Crippen LogP contribution is 2.27. The number of anilines is 1. The zero-order valence-electron chi connectivity index (χ0n) is 11.8. The monoisotopic (exact) mass is 263 g/mol. The van der Waals surface area contributed by atoms with Gasteiger partial charge in [-0.15, -0.1) is 0 Å². The molecule has 3 rings (SSSR count). The Balaban J connectivity index is 1.64. The van der Waals surface area contributed by atoms with Gasteiger partial charge < -0.3 is 4.90 Å². The van der Waals surface area contributed by atoms with E-state index in [-0.39, 0.29) is 0 Å². The Morgan fingerprint density at radius 1 is 0.950 bits per heavy atom. The van der Waals surface area contributed by atoms with Gasteiger partial charge in [0.15, 0.2) is 0 Å². The summed E-state index contributed by atoms with van der Waals surface area (Å²) in [5.74, 6) is 0. The van der Waals surface area contributed by atoms with Crippen LogP contribution in [0.4, 0.5) is 5.69 Å². The summed E-state index contributed by atoms with van der Waals surface area (Å²) in [7, 11) is 0.